The van der Waals surface area contributed by atoms with Gasteiger partial charge in [0, 0.05) is 13.0 Å². The van der Waals surface area contributed by atoms with Gasteiger partial charge in [-0.2, -0.15) is 0 Å². The van der Waals surface area contributed by atoms with Crippen molar-refractivity contribution in [3.63, 3.8) is 0 Å². The van der Waals surface area contributed by atoms with Crippen LogP contribution in [0.15, 0.2) is 35.2 Å². The van der Waals surface area contributed by atoms with Crippen molar-refractivity contribution in [2.45, 2.75) is 19.3 Å². The lowest BCUT2D eigenvalue weighted by Gasteiger charge is -2.19. The summed E-state index contributed by atoms with van der Waals surface area (Å²) in [4.78, 5) is 3.89. The molecule has 0 bridgehead atoms. The molecule has 0 atom stereocenters. The van der Waals surface area contributed by atoms with Crippen molar-refractivity contribution in [3.8, 4) is 0 Å². The van der Waals surface area contributed by atoms with Crippen molar-refractivity contribution in [3.05, 3.63) is 47.7 Å². The van der Waals surface area contributed by atoms with Gasteiger partial charge in [-0.25, -0.2) is 4.98 Å². The number of fused-ring (bicyclic) bond motifs is 1. The first kappa shape index (κ1) is 11.5. The van der Waals surface area contributed by atoms with E-state index >= 15 is 0 Å². The fourth-order valence-electron chi connectivity index (χ4n) is 2.26. The quantitative estimate of drug-likeness (QED) is 0.807. The van der Waals surface area contributed by atoms with Gasteiger partial charge in [-0.15, -0.1) is 0 Å². The maximum Gasteiger partial charge on any atom is 0.491 e. The fourth-order valence-corrected chi connectivity index (χ4v) is 2.26. The molecule has 92 valence electrons. The summed E-state index contributed by atoms with van der Waals surface area (Å²) in [5.74, 6) is 0.879. The minimum absolute atomic E-state index is 0.589. The number of hydrogen-bond acceptors (Lipinski definition) is 4. The van der Waals surface area contributed by atoms with Crippen molar-refractivity contribution < 1.29 is 14.1 Å². The van der Waals surface area contributed by atoms with Crippen molar-refractivity contribution in [2.24, 2.45) is 0 Å². The van der Waals surface area contributed by atoms with Crippen LogP contribution < -0.4 is 5.46 Å². The number of aromatic nitrogens is 1. The molecule has 0 saturated carbocycles. The van der Waals surface area contributed by atoms with E-state index in [4.69, 9.17) is 9.07 Å². The van der Waals surface area contributed by atoms with Crippen molar-refractivity contribution in [2.75, 3.05) is 6.61 Å². The average Bonchev–Trinajstić information content (AvgIpc) is 2.90. The monoisotopic (exact) mass is 243 g/mol. The Morgan fingerprint density at radius 3 is 3.11 bits per heavy atom. The van der Waals surface area contributed by atoms with Crippen LogP contribution in [0.3, 0.4) is 0 Å². The number of hydrogen-bond donors (Lipinski definition) is 1. The Morgan fingerprint density at radius 2 is 2.28 bits per heavy atom. The van der Waals surface area contributed by atoms with E-state index < -0.39 is 7.12 Å². The van der Waals surface area contributed by atoms with Crippen LogP contribution in [0.2, 0.25) is 0 Å². The van der Waals surface area contributed by atoms with Gasteiger partial charge in [0.25, 0.3) is 0 Å². The molecule has 0 unspecified atom stereocenters. The lowest BCUT2D eigenvalue weighted by atomic mass is 9.73. The molecule has 1 aromatic carbocycles. The molecule has 0 amide bonds. The number of nitrogens with zero attached hydrogens (tertiary/aromatic N) is 1. The van der Waals surface area contributed by atoms with E-state index in [1.165, 1.54) is 17.5 Å². The third kappa shape index (κ3) is 2.32. The summed E-state index contributed by atoms with van der Waals surface area (Å²) >= 11 is 0. The van der Waals surface area contributed by atoms with E-state index in [9.17, 15) is 5.02 Å². The Bertz CT molecular complexity index is 527. The van der Waals surface area contributed by atoms with Crippen LogP contribution in [0.4, 0.5) is 0 Å². The van der Waals surface area contributed by atoms with Crippen LogP contribution in [0.1, 0.15) is 16.9 Å². The number of aryl methyl sites for hydroxylation is 2. The van der Waals surface area contributed by atoms with Gasteiger partial charge < -0.3 is 14.1 Å². The van der Waals surface area contributed by atoms with Crippen LogP contribution >= 0.6 is 0 Å². The van der Waals surface area contributed by atoms with Gasteiger partial charge in [-0.1, -0.05) is 18.2 Å². The predicted molar refractivity (Wildman–Crippen MR) is 67.6 cm³/mol. The summed E-state index contributed by atoms with van der Waals surface area (Å²) in [6.45, 7) is 0.589. The Kier molecular flexibility index (Phi) is 3.17. The first-order valence-electron chi connectivity index (χ1n) is 6.11. The molecular weight excluding hydrogens is 229 g/mol. The van der Waals surface area contributed by atoms with E-state index in [1.807, 2.05) is 6.07 Å². The molecule has 1 aliphatic heterocycles. The van der Waals surface area contributed by atoms with Gasteiger partial charge in [0.2, 0.25) is 0 Å². The zero-order valence-corrected chi connectivity index (χ0v) is 10.0. The van der Waals surface area contributed by atoms with Gasteiger partial charge in [0.05, 0.1) is 6.20 Å². The average molecular weight is 243 g/mol. The lowest BCUT2D eigenvalue weighted by Crippen LogP contribution is -2.41. The molecular formula is C13H14BNO3. The standard InChI is InChI=1S/C13H14BNO3/c16-14-13-7-10(1-3-11(13)5-6-18-14)2-4-12-8-15-9-17-12/h1,3,7-9,16H,2,4-6H2. The molecule has 4 nitrogen and oxygen atoms in total. The van der Waals surface area contributed by atoms with E-state index in [2.05, 4.69) is 17.1 Å². The molecule has 5 heteroatoms. The smallest absolute Gasteiger partial charge is 0.449 e. The van der Waals surface area contributed by atoms with Crippen LogP contribution in [-0.4, -0.2) is 23.7 Å². The Hall–Kier alpha value is -1.59. The summed E-state index contributed by atoms with van der Waals surface area (Å²) in [5, 5.41) is 9.79. The van der Waals surface area contributed by atoms with Crippen LogP contribution in [-0.2, 0) is 23.9 Å². The first-order valence-corrected chi connectivity index (χ1v) is 6.11. The van der Waals surface area contributed by atoms with Crippen molar-refractivity contribution >= 4 is 12.6 Å². The molecule has 0 saturated heterocycles. The van der Waals surface area contributed by atoms with Gasteiger partial charge in [-0.05, 0) is 29.4 Å². The number of oxazole rings is 1. The third-order valence-electron chi connectivity index (χ3n) is 3.27. The number of benzene rings is 1. The fraction of sp³-hybridized carbons (Fsp3) is 0.308. The summed E-state index contributed by atoms with van der Waals surface area (Å²) in [7, 11) is -0.779. The molecule has 2 aromatic rings. The molecule has 0 aliphatic carbocycles. The highest BCUT2D eigenvalue weighted by Gasteiger charge is 2.24. The van der Waals surface area contributed by atoms with Gasteiger partial charge in [0.1, 0.15) is 5.76 Å². The van der Waals surface area contributed by atoms with E-state index in [0.717, 1.165) is 30.5 Å². The molecule has 3 rings (SSSR count). The molecule has 0 radical (unpaired) electrons. The molecule has 1 aromatic heterocycles. The number of rotatable bonds is 3. The predicted octanol–water partition coefficient (Wildman–Crippen LogP) is 0.720. The highest BCUT2D eigenvalue weighted by atomic mass is 16.5. The highest BCUT2D eigenvalue weighted by molar-refractivity contribution is 6.60. The molecule has 2 heterocycles. The van der Waals surface area contributed by atoms with E-state index in [0.29, 0.717) is 6.61 Å². The molecule has 1 aliphatic rings. The van der Waals surface area contributed by atoms with E-state index in [-0.39, 0.29) is 0 Å². The topological polar surface area (TPSA) is 55.5 Å². The molecule has 1 N–H and O–H groups in total. The zero-order chi connectivity index (χ0) is 12.4. The Labute approximate surface area is 106 Å². The second kappa shape index (κ2) is 4.96. The Morgan fingerprint density at radius 1 is 1.33 bits per heavy atom. The summed E-state index contributed by atoms with van der Waals surface area (Å²) < 4.78 is 10.4. The molecule has 0 spiro atoms. The third-order valence-corrected chi connectivity index (χ3v) is 3.27. The van der Waals surface area contributed by atoms with Gasteiger partial charge in [0.15, 0.2) is 6.39 Å². The maximum absolute atomic E-state index is 9.79. The first-order chi connectivity index (χ1) is 8.83. The van der Waals surface area contributed by atoms with Crippen molar-refractivity contribution in [1.82, 2.24) is 4.98 Å². The Balaban J connectivity index is 1.75. The van der Waals surface area contributed by atoms with Crippen LogP contribution in [0.25, 0.3) is 0 Å². The lowest BCUT2D eigenvalue weighted by molar-refractivity contribution is 0.266. The summed E-state index contributed by atoms with van der Waals surface area (Å²) in [6.07, 6.45) is 5.73. The second-order valence-corrected chi connectivity index (χ2v) is 4.47. The highest BCUT2D eigenvalue weighted by Crippen LogP contribution is 2.11. The minimum Gasteiger partial charge on any atom is -0.449 e. The summed E-state index contributed by atoms with van der Waals surface area (Å²) in [6, 6.07) is 6.21. The SMILES string of the molecule is OB1OCCc2ccc(CCc3cnco3)cc21. The largest absolute Gasteiger partial charge is 0.491 e. The van der Waals surface area contributed by atoms with Crippen LogP contribution in [0.5, 0.6) is 0 Å². The molecule has 0 fully saturated rings. The van der Waals surface area contributed by atoms with Crippen molar-refractivity contribution in [1.29, 1.82) is 0 Å². The van der Waals surface area contributed by atoms with E-state index in [1.54, 1.807) is 6.20 Å². The maximum atomic E-state index is 9.79. The normalized spacial score (nSPS) is 14.6. The van der Waals surface area contributed by atoms with Gasteiger partial charge in [-0.3, -0.25) is 0 Å². The summed E-state index contributed by atoms with van der Waals surface area (Å²) in [5.41, 5.74) is 3.25. The second-order valence-electron chi connectivity index (χ2n) is 4.47. The zero-order valence-electron chi connectivity index (χ0n) is 10.0. The minimum atomic E-state index is -0.779. The van der Waals surface area contributed by atoms with Gasteiger partial charge >= 0.3 is 7.12 Å². The van der Waals surface area contributed by atoms with Crippen LogP contribution in [0, 0.1) is 0 Å². The molecule has 18 heavy (non-hydrogen) atoms.